The van der Waals surface area contributed by atoms with Crippen LogP contribution in [0.4, 0.5) is 5.13 Å². The molecular formula is C15H21ClN4O3S. The van der Waals surface area contributed by atoms with E-state index in [1.54, 1.807) is 24.6 Å². The zero-order chi connectivity index (χ0) is 17.0. The summed E-state index contributed by atoms with van der Waals surface area (Å²) < 4.78 is 4.64. The van der Waals surface area contributed by atoms with Crippen LogP contribution in [0.5, 0.6) is 0 Å². The number of aromatic amines is 1. The summed E-state index contributed by atoms with van der Waals surface area (Å²) in [5.41, 5.74) is 6.82. The largest absolute Gasteiger partial charge is 0.464 e. The number of methoxy groups -OCH3 is 1. The molecule has 0 bridgehead atoms. The quantitative estimate of drug-likeness (QED) is 0.675. The Labute approximate surface area is 150 Å². The number of nitrogens with zero attached hydrogens (tertiary/aromatic N) is 1. The number of H-pyrrole nitrogens is 1. The maximum atomic E-state index is 12.2. The molecule has 1 unspecified atom stereocenters. The molecule has 7 nitrogen and oxygen atoms in total. The van der Waals surface area contributed by atoms with Crippen molar-refractivity contribution in [3.63, 3.8) is 0 Å². The summed E-state index contributed by atoms with van der Waals surface area (Å²) in [7, 11) is 1.32. The van der Waals surface area contributed by atoms with Gasteiger partial charge in [-0.05, 0) is 19.4 Å². The normalized spacial score (nSPS) is 12.8. The molecule has 0 spiro atoms. The van der Waals surface area contributed by atoms with Gasteiger partial charge in [-0.1, -0.05) is 13.3 Å². The van der Waals surface area contributed by atoms with Crippen LogP contribution in [-0.2, 0) is 9.53 Å². The number of hydrogen-bond donors (Lipinski definition) is 3. The van der Waals surface area contributed by atoms with Gasteiger partial charge in [0.15, 0.2) is 5.13 Å². The summed E-state index contributed by atoms with van der Waals surface area (Å²) in [5.74, 6) is -0.706. The summed E-state index contributed by atoms with van der Waals surface area (Å²) in [6.45, 7) is 3.68. The van der Waals surface area contributed by atoms with E-state index < -0.39 is 11.5 Å². The van der Waals surface area contributed by atoms with Gasteiger partial charge in [-0.25, -0.2) is 9.78 Å². The maximum absolute atomic E-state index is 12.2. The van der Waals surface area contributed by atoms with Gasteiger partial charge < -0.3 is 20.8 Å². The lowest BCUT2D eigenvalue weighted by Gasteiger charge is -2.21. The van der Waals surface area contributed by atoms with Gasteiger partial charge in [-0.15, -0.1) is 23.7 Å². The number of nitrogens with two attached hydrogens (primary N) is 1. The number of rotatable bonds is 6. The van der Waals surface area contributed by atoms with Crippen molar-refractivity contribution in [2.75, 3.05) is 12.4 Å². The number of anilines is 1. The maximum Gasteiger partial charge on any atom is 0.354 e. The Morgan fingerprint density at radius 2 is 2.21 bits per heavy atom. The highest BCUT2D eigenvalue weighted by molar-refractivity contribution is 7.14. The highest BCUT2D eigenvalue weighted by Crippen LogP contribution is 2.26. The molecular weight excluding hydrogens is 352 g/mol. The smallest absolute Gasteiger partial charge is 0.354 e. The highest BCUT2D eigenvalue weighted by Gasteiger charge is 2.27. The SMILES string of the molecule is CCCC(C)(N)C(=O)Nc1nc(-c2c[nH]c(C(=O)OC)c2)cs1.Cl. The number of ether oxygens (including phenoxy) is 1. The van der Waals surface area contributed by atoms with E-state index in [1.807, 2.05) is 6.92 Å². The molecule has 1 amide bonds. The summed E-state index contributed by atoms with van der Waals surface area (Å²) in [4.78, 5) is 30.8. The van der Waals surface area contributed by atoms with Crippen molar-refractivity contribution in [2.24, 2.45) is 5.73 Å². The molecule has 0 radical (unpaired) electrons. The van der Waals surface area contributed by atoms with Crippen molar-refractivity contribution < 1.29 is 14.3 Å². The Hall–Kier alpha value is -1.90. The second kappa shape index (κ2) is 8.27. The predicted molar refractivity (Wildman–Crippen MR) is 96.6 cm³/mol. The van der Waals surface area contributed by atoms with Crippen molar-refractivity contribution >= 4 is 40.8 Å². The number of hydrogen-bond acceptors (Lipinski definition) is 6. The molecule has 0 aliphatic carbocycles. The van der Waals surface area contributed by atoms with Crippen molar-refractivity contribution in [3.05, 3.63) is 23.3 Å². The predicted octanol–water partition coefficient (Wildman–Crippen LogP) is 2.80. The van der Waals surface area contributed by atoms with E-state index in [0.29, 0.717) is 22.9 Å². The number of nitrogens with one attached hydrogen (secondary N) is 2. The third-order valence-corrected chi connectivity index (χ3v) is 4.15. The number of aromatic nitrogens is 2. The Bertz CT molecular complexity index is 711. The van der Waals surface area contributed by atoms with Crippen LogP contribution in [0.1, 0.15) is 37.2 Å². The first-order valence-electron chi connectivity index (χ1n) is 7.20. The summed E-state index contributed by atoms with van der Waals surface area (Å²) in [6.07, 6.45) is 3.08. The molecule has 2 aromatic heterocycles. The fraction of sp³-hybridized carbons (Fsp3) is 0.400. The standard InChI is InChI=1S/C15H20N4O3S.ClH/c1-4-5-15(2,16)13(21)19-14-18-11(8-23-14)9-6-10(17-7-9)12(20)22-3;/h6-8,17H,4-5,16H2,1-3H3,(H,18,19,21);1H. The zero-order valence-corrected chi connectivity index (χ0v) is 15.3. The summed E-state index contributed by atoms with van der Waals surface area (Å²) in [6, 6.07) is 1.65. The van der Waals surface area contributed by atoms with Crippen LogP contribution in [0.3, 0.4) is 0 Å². The molecule has 1 atom stereocenters. The van der Waals surface area contributed by atoms with Crippen LogP contribution < -0.4 is 11.1 Å². The van der Waals surface area contributed by atoms with Gasteiger partial charge >= 0.3 is 5.97 Å². The van der Waals surface area contributed by atoms with Crippen LogP contribution in [-0.4, -0.2) is 34.5 Å². The first-order chi connectivity index (χ1) is 10.9. The first kappa shape index (κ1) is 20.1. The monoisotopic (exact) mass is 372 g/mol. The molecule has 4 N–H and O–H groups in total. The third-order valence-electron chi connectivity index (χ3n) is 3.40. The first-order valence-corrected chi connectivity index (χ1v) is 8.08. The molecule has 0 saturated carbocycles. The minimum atomic E-state index is -0.924. The minimum Gasteiger partial charge on any atom is -0.464 e. The molecule has 24 heavy (non-hydrogen) atoms. The van der Waals surface area contributed by atoms with Crippen molar-refractivity contribution in [2.45, 2.75) is 32.2 Å². The number of amides is 1. The van der Waals surface area contributed by atoms with E-state index in [2.05, 4.69) is 20.0 Å². The van der Waals surface area contributed by atoms with Crippen molar-refractivity contribution in [3.8, 4) is 11.3 Å². The van der Waals surface area contributed by atoms with Gasteiger partial charge in [-0.3, -0.25) is 4.79 Å². The van der Waals surface area contributed by atoms with Gasteiger partial charge in [0.1, 0.15) is 5.69 Å². The number of halogens is 1. The molecule has 2 heterocycles. The Morgan fingerprint density at radius 1 is 1.50 bits per heavy atom. The fourth-order valence-corrected chi connectivity index (χ4v) is 2.82. The van der Waals surface area contributed by atoms with Crippen LogP contribution in [0, 0.1) is 0 Å². The highest BCUT2D eigenvalue weighted by atomic mass is 35.5. The van der Waals surface area contributed by atoms with Gasteiger partial charge in [-0.2, -0.15) is 0 Å². The zero-order valence-electron chi connectivity index (χ0n) is 13.7. The molecule has 132 valence electrons. The number of thiazole rings is 1. The third kappa shape index (κ3) is 4.56. The van der Waals surface area contributed by atoms with Gasteiger partial charge in [0.2, 0.25) is 5.91 Å². The number of esters is 1. The number of carbonyl (C=O) groups is 2. The van der Waals surface area contributed by atoms with Crippen LogP contribution in [0.15, 0.2) is 17.6 Å². The molecule has 0 aliphatic rings. The van der Waals surface area contributed by atoms with E-state index in [-0.39, 0.29) is 18.3 Å². The molecule has 9 heteroatoms. The van der Waals surface area contributed by atoms with E-state index in [4.69, 9.17) is 5.73 Å². The lowest BCUT2D eigenvalue weighted by molar-refractivity contribution is -0.120. The average Bonchev–Trinajstić information content (AvgIpc) is 3.15. The molecule has 0 aromatic carbocycles. The van der Waals surface area contributed by atoms with E-state index in [9.17, 15) is 9.59 Å². The van der Waals surface area contributed by atoms with Crippen molar-refractivity contribution in [1.29, 1.82) is 0 Å². The Morgan fingerprint density at radius 3 is 2.83 bits per heavy atom. The van der Waals surface area contributed by atoms with Crippen LogP contribution >= 0.6 is 23.7 Å². The lowest BCUT2D eigenvalue weighted by Crippen LogP contribution is -2.48. The molecule has 0 aliphatic heterocycles. The average molecular weight is 373 g/mol. The van der Waals surface area contributed by atoms with E-state index in [0.717, 1.165) is 12.0 Å². The van der Waals surface area contributed by atoms with Crippen LogP contribution in [0.25, 0.3) is 11.3 Å². The molecule has 0 fully saturated rings. The Balaban J connectivity index is 0.00000288. The number of carbonyl (C=O) groups excluding carboxylic acids is 2. The molecule has 2 rings (SSSR count). The minimum absolute atomic E-state index is 0. The van der Waals surface area contributed by atoms with E-state index in [1.165, 1.54) is 18.4 Å². The second-order valence-corrected chi connectivity index (χ2v) is 6.31. The molecule has 0 saturated heterocycles. The van der Waals surface area contributed by atoms with Gasteiger partial charge in [0, 0.05) is 17.1 Å². The van der Waals surface area contributed by atoms with Gasteiger partial charge in [0.25, 0.3) is 0 Å². The van der Waals surface area contributed by atoms with Crippen molar-refractivity contribution in [1.82, 2.24) is 9.97 Å². The lowest BCUT2D eigenvalue weighted by atomic mass is 9.97. The summed E-state index contributed by atoms with van der Waals surface area (Å²) >= 11 is 1.30. The topological polar surface area (TPSA) is 110 Å². The molecule has 2 aromatic rings. The second-order valence-electron chi connectivity index (χ2n) is 5.45. The van der Waals surface area contributed by atoms with E-state index >= 15 is 0 Å². The van der Waals surface area contributed by atoms with Crippen LogP contribution in [0.2, 0.25) is 0 Å². The fourth-order valence-electron chi connectivity index (χ4n) is 2.11. The Kier molecular flexibility index (Phi) is 6.94. The van der Waals surface area contributed by atoms with Gasteiger partial charge in [0.05, 0.1) is 18.3 Å². The summed E-state index contributed by atoms with van der Waals surface area (Å²) in [5, 5.41) is 5.01.